The van der Waals surface area contributed by atoms with Crippen LogP contribution in [0.15, 0.2) is 54.2 Å². The molecule has 5 rings (SSSR count). The summed E-state index contributed by atoms with van der Waals surface area (Å²) in [6.07, 6.45) is 6.99. The van der Waals surface area contributed by atoms with E-state index in [1.807, 2.05) is 16.9 Å². The van der Waals surface area contributed by atoms with Gasteiger partial charge in [0.15, 0.2) is 0 Å². The number of aromatic nitrogens is 2. The Balaban J connectivity index is 1.44. The third kappa shape index (κ3) is 3.21. The fourth-order valence-corrected chi connectivity index (χ4v) is 5.47. The molecule has 166 valence electrons. The standard InChI is InChI=1S/C26H26F2N2O2/c1-25-14-18-15-29-30(21-7-5-20(27)6-8-21)24(18)13-19(25)10-12-26(25,32)11-9-17-3-2-4-23(28)22(17)16-31/h2-8,13,15,31-32H,9-12,14,16H2,1H3/t25-,26-/m0/s1. The van der Waals surface area contributed by atoms with Crippen LogP contribution >= 0.6 is 0 Å². The number of hydrogen-bond acceptors (Lipinski definition) is 3. The first-order chi connectivity index (χ1) is 15.3. The lowest BCUT2D eigenvalue weighted by Gasteiger charge is -2.42. The van der Waals surface area contributed by atoms with Crippen LogP contribution in [0.25, 0.3) is 11.8 Å². The monoisotopic (exact) mass is 436 g/mol. The molecule has 1 fully saturated rings. The maximum atomic E-state index is 14.1. The van der Waals surface area contributed by atoms with Crippen LogP contribution < -0.4 is 0 Å². The van der Waals surface area contributed by atoms with E-state index in [1.165, 1.54) is 23.8 Å². The molecule has 0 radical (unpaired) electrons. The summed E-state index contributed by atoms with van der Waals surface area (Å²) < 4.78 is 29.2. The Hall–Kier alpha value is -2.83. The highest BCUT2D eigenvalue weighted by Crippen LogP contribution is 2.56. The van der Waals surface area contributed by atoms with Crippen LogP contribution in [0.3, 0.4) is 0 Å². The van der Waals surface area contributed by atoms with Crippen molar-refractivity contribution in [2.24, 2.45) is 5.41 Å². The van der Waals surface area contributed by atoms with Gasteiger partial charge in [0, 0.05) is 11.0 Å². The Morgan fingerprint density at radius 2 is 1.91 bits per heavy atom. The highest BCUT2D eigenvalue weighted by Gasteiger charge is 2.54. The number of rotatable bonds is 5. The van der Waals surface area contributed by atoms with E-state index in [-0.39, 0.29) is 12.4 Å². The van der Waals surface area contributed by atoms with Crippen LogP contribution in [0.1, 0.15) is 48.6 Å². The smallest absolute Gasteiger partial charge is 0.128 e. The number of hydrogen-bond donors (Lipinski definition) is 2. The summed E-state index contributed by atoms with van der Waals surface area (Å²) >= 11 is 0. The molecule has 32 heavy (non-hydrogen) atoms. The van der Waals surface area contributed by atoms with Gasteiger partial charge >= 0.3 is 0 Å². The van der Waals surface area contributed by atoms with Crippen LogP contribution in [0.2, 0.25) is 0 Å². The summed E-state index contributed by atoms with van der Waals surface area (Å²) in [7, 11) is 0. The minimum Gasteiger partial charge on any atom is -0.392 e. The fourth-order valence-electron chi connectivity index (χ4n) is 5.47. The van der Waals surface area contributed by atoms with Crippen molar-refractivity contribution in [3.63, 3.8) is 0 Å². The number of aryl methyl sites for hydroxylation is 1. The number of halogens is 2. The zero-order chi connectivity index (χ0) is 22.5. The summed E-state index contributed by atoms with van der Waals surface area (Å²) in [5.41, 5.74) is 3.66. The van der Waals surface area contributed by atoms with Gasteiger partial charge in [-0.1, -0.05) is 24.6 Å². The molecule has 3 aromatic rings. The van der Waals surface area contributed by atoms with E-state index < -0.39 is 16.8 Å². The van der Waals surface area contributed by atoms with Gasteiger partial charge < -0.3 is 10.2 Å². The molecule has 2 atom stereocenters. The number of aliphatic hydroxyl groups excluding tert-OH is 1. The topological polar surface area (TPSA) is 58.3 Å². The molecule has 2 aliphatic rings. The molecular formula is C26H26F2N2O2. The maximum Gasteiger partial charge on any atom is 0.128 e. The highest BCUT2D eigenvalue weighted by molar-refractivity contribution is 5.62. The predicted molar refractivity (Wildman–Crippen MR) is 118 cm³/mol. The summed E-state index contributed by atoms with van der Waals surface area (Å²) in [6, 6.07) is 11.1. The van der Waals surface area contributed by atoms with Crippen molar-refractivity contribution < 1.29 is 19.0 Å². The Morgan fingerprint density at radius 3 is 2.66 bits per heavy atom. The third-order valence-corrected chi connectivity index (χ3v) is 7.54. The van der Waals surface area contributed by atoms with E-state index in [1.54, 1.807) is 18.2 Å². The van der Waals surface area contributed by atoms with Crippen molar-refractivity contribution in [1.82, 2.24) is 9.78 Å². The average Bonchev–Trinajstić information content (AvgIpc) is 3.29. The Morgan fingerprint density at radius 1 is 1.12 bits per heavy atom. The van der Waals surface area contributed by atoms with E-state index in [0.717, 1.165) is 28.9 Å². The molecule has 0 amide bonds. The molecule has 0 unspecified atom stereocenters. The summed E-state index contributed by atoms with van der Waals surface area (Å²) in [4.78, 5) is 0. The lowest BCUT2D eigenvalue weighted by atomic mass is 9.65. The molecule has 2 aromatic carbocycles. The molecule has 0 bridgehead atoms. The van der Waals surface area contributed by atoms with Crippen LogP contribution in [-0.4, -0.2) is 25.6 Å². The van der Waals surface area contributed by atoms with Crippen LogP contribution in [0.4, 0.5) is 8.78 Å². The molecule has 1 heterocycles. The normalized spacial score (nSPS) is 24.2. The number of fused-ring (bicyclic) bond motifs is 2. The summed E-state index contributed by atoms with van der Waals surface area (Å²) in [5.74, 6) is -0.699. The summed E-state index contributed by atoms with van der Waals surface area (Å²) in [5, 5.41) is 25.9. The minimum absolute atomic E-state index is 0.288. The lowest BCUT2D eigenvalue weighted by molar-refractivity contribution is -0.0462. The second-order valence-corrected chi connectivity index (χ2v) is 9.19. The Bertz CT molecular complexity index is 1200. The van der Waals surface area contributed by atoms with Crippen molar-refractivity contribution in [2.45, 2.75) is 51.2 Å². The highest BCUT2D eigenvalue weighted by atomic mass is 19.1. The summed E-state index contributed by atoms with van der Waals surface area (Å²) in [6.45, 7) is 1.75. The SMILES string of the molecule is C[C@]12Cc3cnn(-c4ccc(F)cc4)c3C=C1CC[C@@]2(O)CCc1cccc(F)c1CO. The van der Waals surface area contributed by atoms with E-state index in [4.69, 9.17) is 0 Å². The molecule has 1 aromatic heterocycles. The van der Waals surface area contributed by atoms with Crippen molar-refractivity contribution >= 4 is 6.08 Å². The first kappa shape index (κ1) is 21.0. The quantitative estimate of drug-likeness (QED) is 0.607. The van der Waals surface area contributed by atoms with Gasteiger partial charge in [-0.3, -0.25) is 0 Å². The van der Waals surface area contributed by atoms with E-state index in [2.05, 4.69) is 18.1 Å². The van der Waals surface area contributed by atoms with Crippen molar-refractivity contribution in [1.29, 1.82) is 0 Å². The predicted octanol–water partition coefficient (Wildman–Crippen LogP) is 4.75. The molecule has 0 saturated heterocycles. The maximum absolute atomic E-state index is 14.1. The van der Waals surface area contributed by atoms with Gasteiger partial charge in [0.25, 0.3) is 0 Å². The van der Waals surface area contributed by atoms with Gasteiger partial charge in [-0.05, 0) is 79.6 Å². The van der Waals surface area contributed by atoms with Gasteiger partial charge in [-0.15, -0.1) is 0 Å². The number of nitrogens with zero attached hydrogens (tertiary/aromatic N) is 2. The first-order valence-corrected chi connectivity index (χ1v) is 11.0. The van der Waals surface area contributed by atoms with E-state index in [0.29, 0.717) is 31.2 Å². The fraction of sp³-hybridized carbons (Fsp3) is 0.346. The number of benzene rings is 2. The molecule has 0 spiro atoms. The Labute approximate surface area is 185 Å². The van der Waals surface area contributed by atoms with E-state index >= 15 is 0 Å². The largest absolute Gasteiger partial charge is 0.392 e. The van der Waals surface area contributed by atoms with Gasteiger partial charge in [-0.2, -0.15) is 5.10 Å². The van der Waals surface area contributed by atoms with Gasteiger partial charge in [0.1, 0.15) is 11.6 Å². The molecular weight excluding hydrogens is 410 g/mol. The second kappa shape index (κ2) is 7.64. The van der Waals surface area contributed by atoms with Gasteiger partial charge in [-0.25, -0.2) is 13.5 Å². The van der Waals surface area contributed by atoms with Gasteiger partial charge in [0.2, 0.25) is 0 Å². The first-order valence-electron chi connectivity index (χ1n) is 11.0. The molecule has 6 heteroatoms. The average molecular weight is 437 g/mol. The van der Waals surface area contributed by atoms with Crippen LogP contribution in [-0.2, 0) is 19.4 Å². The molecule has 2 N–H and O–H groups in total. The molecule has 0 aliphatic heterocycles. The molecule has 4 nitrogen and oxygen atoms in total. The zero-order valence-corrected chi connectivity index (χ0v) is 18.0. The molecule has 2 aliphatic carbocycles. The van der Waals surface area contributed by atoms with E-state index in [9.17, 15) is 19.0 Å². The van der Waals surface area contributed by atoms with Crippen molar-refractivity contribution in [3.8, 4) is 5.69 Å². The third-order valence-electron chi connectivity index (χ3n) is 7.54. The number of aliphatic hydroxyl groups is 2. The zero-order valence-electron chi connectivity index (χ0n) is 18.0. The van der Waals surface area contributed by atoms with Gasteiger partial charge in [0.05, 0.1) is 29.8 Å². The van der Waals surface area contributed by atoms with Crippen LogP contribution in [0.5, 0.6) is 0 Å². The van der Waals surface area contributed by atoms with Crippen molar-refractivity contribution in [2.75, 3.05) is 0 Å². The lowest BCUT2D eigenvalue weighted by Crippen LogP contribution is -2.45. The molecule has 1 saturated carbocycles. The second-order valence-electron chi connectivity index (χ2n) is 9.19. The van der Waals surface area contributed by atoms with Crippen molar-refractivity contribution in [3.05, 3.63) is 88.3 Å². The minimum atomic E-state index is -0.937. The Kier molecular flexibility index (Phi) is 5.02. The van der Waals surface area contributed by atoms with Crippen LogP contribution in [0, 0.1) is 17.0 Å².